The maximum atomic E-state index is 13.0. The molecule has 0 radical (unpaired) electrons. The fraction of sp³-hybridized carbons (Fsp3) is 0.333. The number of aryl methyl sites for hydroxylation is 2. The lowest BCUT2D eigenvalue weighted by molar-refractivity contribution is 0.0295. The highest BCUT2D eigenvalue weighted by molar-refractivity contribution is 6.07. The van der Waals surface area contributed by atoms with Crippen molar-refractivity contribution >= 4 is 17.5 Å². The summed E-state index contributed by atoms with van der Waals surface area (Å²) in [7, 11) is 0. The van der Waals surface area contributed by atoms with Crippen molar-refractivity contribution in [2.45, 2.75) is 20.4 Å². The predicted molar refractivity (Wildman–Crippen MR) is 109 cm³/mol. The molecule has 1 aromatic carbocycles. The van der Waals surface area contributed by atoms with E-state index in [0.717, 1.165) is 11.1 Å². The molecule has 9 heteroatoms. The Morgan fingerprint density at radius 3 is 2.60 bits per heavy atom. The number of carbonyl (C=O) groups excluding carboxylic acids is 2. The predicted octanol–water partition coefficient (Wildman–Crippen LogP) is 2.59. The van der Waals surface area contributed by atoms with Crippen LogP contribution in [0.3, 0.4) is 0 Å². The standard InChI is InChI=1S/C21H23N5O4/c1-3-26-19(21(28)25-8-10-29-11-9-25)17(13-22-26)23-20(27)16-12-18(30-24-16)15-6-4-14(2)5-7-15/h4-7,12-13H,3,8-11H2,1-2H3,(H,23,27). The van der Waals surface area contributed by atoms with Crippen LogP contribution in [0.15, 0.2) is 41.1 Å². The molecule has 0 spiro atoms. The number of anilines is 1. The Morgan fingerprint density at radius 1 is 1.17 bits per heavy atom. The highest BCUT2D eigenvalue weighted by Gasteiger charge is 2.26. The normalized spacial score (nSPS) is 14.0. The second kappa shape index (κ2) is 8.50. The van der Waals surface area contributed by atoms with Gasteiger partial charge in [-0.3, -0.25) is 14.3 Å². The van der Waals surface area contributed by atoms with Gasteiger partial charge in [0.25, 0.3) is 11.8 Å². The first-order valence-corrected chi connectivity index (χ1v) is 9.84. The van der Waals surface area contributed by atoms with Crippen molar-refractivity contribution in [3.63, 3.8) is 0 Å². The first kappa shape index (κ1) is 19.8. The van der Waals surface area contributed by atoms with Gasteiger partial charge in [0.05, 0.1) is 25.1 Å². The number of nitrogens with zero attached hydrogens (tertiary/aromatic N) is 4. The monoisotopic (exact) mass is 409 g/mol. The van der Waals surface area contributed by atoms with Gasteiger partial charge in [0, 0.05) is 31.3 Å². The number of nitrogens with one attached hydrogen (secondary N) is 1. The third kappa shape index (κ3) is 3.97. The van der Waals surface area contributed by atoms with Gasteiger partial charge in [-0.1, -0.05) is 35.0 Å². The summed E-state index contributed by atoms with van der Waals surface area (Å²) in [5.74, 6) is -0.161. The molecule has 1 aliphatic heterocycles. The molecule has 3 aromatic rings. The Kier molecular flexibility index (Phi) is 5.62. The molecule has 1 fully saturated rings. The molecule has 0 unspecified atom stereocenters. The SMILES string of the molecule is CCn1ncc(NC(=O)c2cc(-c3ccc(C)cc3)on2)c1C(=O)N1CCOCC1. The molecule has 156 valence electrons. The lowest BCUT2D eigenvalue weighted by atomic mass is 10.1. The molecule has 2 amide bonds. The quantitative estimate of drug-likeness (QED) is 0.695. The van der Waals surface area contributed by atoms with Crippen LogP contribution in [0.25, 0.3) is 11.3 Å². The average Bonchev–Trinajstić information content (AvgIpc) is 3.42. The summed E-state index contributed by atoms with van der Waals surface area (Å²) in [5.41, 5.74) is 2.77. The Hall–Kier alpha value is -3.46. The van der Waals surface area contributed by atoms with Gasteiger partial charge < -0.3 is 19.5 Å². The molecule has 0 bridgehead atoms. The van der Waals surface area contributed by atoms with Crippen LogP contribution in [0.5, 0.6) is 0 Å². The zero-order valence-corrected chi connectivity index (χ0v) is 16.9. The molecule has 9 nitrogen and oxygen atoms in total. The second-order valence-corrected chi connectivity index (χ2v) is 7.02. The highest BCUT2D eigenvalue weighted by atomic mass is 16.5. The Bertz CT molecular complexity index is 1050. The van der Waals surface area contributed by atoms with Gasteiger partial charge in [-0.15, -0.1) is 0 Å². The van der Waals surface area contributed by atoms with Gasteiger partial charge in [-0.05, 0) is 13.8 Å². The molecular formula is C21H23N5O4. The number of hydrogen-bond acceptors (Lipinski definition) is 6. The van der Waals surface area contributed by atoms with E-state index in [1.54, 1.807) is 15.6 Å². The Labute approximate surface area is 173 Å². The van der Waals surface area contributed by atoms with Gasteiger partial charge in [0.15, 0.2) is 11.5 Å². The minimum atomic E-state index is -0.469. The van der Waals surface area contributed by atoms with Crippen molar-refractivity contribution in [2.75, 3.05) is 31.6 Å². The number of aromatic nitrogens is 3. The van der Waals surface area contributed by atoms with Crippen molar-refractivity contribution in [1.29, 1.82) is 0 Å². The third-order valence-corrected chi connectivity index (χ3v) is 4.97. The Balaban J connectivity index is 1.54. The first-order valence-electron chi connectivity index (χ1n) is 9.84. The summed E-state index contributed by atoms with van der Waals surface area (Å²) in [5, 5.41) is 10.9. The smallest absolute Gasteiger partial charge is 0.277 e. The summed E-state index contributed by atoms with van der Waals surface area (Å²) >= 11 is 0. The fourth-order valence-electron chi connectivity index (χ4n) is 3.28. The number of ether oxygens (including phenoxy) is 1. The van der Waals surface area contributed by atoms with Gasteiger partial charge >= 0.3 is 0 Å². The van der Waals surface area contributed by atoms with E-state index in [1.165, 1.54) is 6.20 Å². The number of hydrogen-bond donors (Lipinski definition) is 1. The minimum absolute atomic E-state index is 0.125. The maximum absolute atomic E-state index is 13.0. The topological polar surface area (TPSA) is 102 Å². The van der Waals surface area contributed by atoms with Crippen molar-refractivity contribution in [1.82, 2.24) is 19.8 Å². The van der Waals surface area contributed by atoms with E-state index in [4.69, 9.17) is 9.26 Å². The van der Waals surface area contributed by atoms with Gasteiger partial charge in [-0.2, -0.15) is 5.10 Å². The van der Waals surface area contributed by atoms with Crippen molar-refractivity contribution in [3.05, 3.63) is 53.5 Å². The van der Waals surface area contributed by atoms with Crippen LogP contribution in [-0.4, -0.2) is 58.0 Å². The number of morpholine rings is 1. The van der Waals surface area contributed by atoms with Gasteiger partial charge in [0.1, 0.15) is 5.69 Å². The molecule has 1 saturated heterocycles. The van der Waals surface area contributed by atoms with Crippen LogP contribution < -0.4 is 5.32 Å². The number of benzene rings is 1. The summed E-state index contributed by atoms with van der Waals surface area (Å²) in [4.78, 5) is 27.5. The highest BCUT2D eigenvalue weighted by Crippen LogP contribution is 2.23. The second-order valence-electron chi connectivity index (χ2n) is 7.02. The van der Waals surface area contributed by atoms with Crippen LogP contribution in [-0.2, 0) is 11.3 Å². The van der Waals surface area contributed by atoms with Crippen molar-refractivity contribution in [2.24, 2.45) is 0 Å². The van der Waals surface area contributed by atoms with E-state index in [0.29, 0.717) is 50.0 Å². The summed E-state index contributed by atoms with van der Waals surface area (Å²) < 4.78 is 12.2. The Morgan fingerprint density at radius 2 is 1.90 bits per heavy atom. The molecule has 2 aromatic heterocycles. The number of rotatable bonds is 5. The first-order chi connectivity index (χ1) is 14.6. The number of carbonyl (C=O) groups is 2. The maximum Gasteiger partial charge on any atom is 0.277 e. The van der Waals surface area contributed by atoms with Crippen molar-refractivity contribution < 1.29 is 18.8 Å². The van der Waals surface area contributed by atoms with Crippen LogP contribution in [0, 0.1) is 6.92 Å². The average molecular weight is 409 g/mol. The molecule has 4 rings (SSSR count). The molecule has 1 aliphatic rings. The summed E-state index contributed by atoms with van der Waals surface area (Å²) in [6.07, 6.45) is 1.48. The lowest BCUT2D eigenvalue weighted by Crippen LogP contribution is -2.41. The minimum Gasteiger partial charge on any atom is -0.378 e. The third-order valence-electron chi connectivity index (χ3n) is 4.97. The molecule has 1 N–H and O–H groups in total. The van der Waals surface area contributed by atoms with Crippen LogP contribution >= 0.6 is 0 Å². The molecule has 0 saturated carbocycles. The molecule has 3 heterocycles. The number of amides is 2. The summed E-state index contributed by atoms with van der Waals surface area (Å²) in [6, 6.07) is 9.30. The van der Waals surface area contributed by atoms with Crippen LogP contribution in [0.2, 0.25) is 0 Å². The van der Waals surface area contributed by atoms with E-state index in [-0.39, 0.29) is 11.6 Å². The molecule has 0 atom stereocenters. The largest absolute Gasteiger partial charge is 0.378 e. The van der Waals surface area contributed by atoms with Crippen LogP contribution in [0.4, 0.5) is 5.69 Å². The van der Waals surface area contributed by atoms with E-state index in [2.05, 4.69) is 15.6 Å². The van der Waals surface area contributed by atoms with Gasteiger partial charge in [-0.25, -0.2) is 0 Å². The van der Waals surface area contributed by atoms with E-state index in [9.17, 15) is 9.59 Å². The molecule has 0 aliphatic carbocycles. The lowest BCUT2D eigenvalue weighted by Gasteiger charge is -2.27. The fourth-order valence-corrected chi connectivity index (χ4v) is 3.28. The van der Waals surface area contributed by atoms with Crippen molar-refractivity contribution in [3.8, 4) is 11.3 Å². The van der Waals surface area contributed by atoms with E-state index < -0.39 is 5.91 Å². The van der Waals surface area contributed by atoms with E-state index in [1.807, 2.05) is 38.1 Å². The zero-order valence-electron chi connectivity index (χ0n) is 16.9. The molecule has 30 heavy (non-hydrogen) atoms. The van der Waals surface area contributed by atoms with Gasteiger partial charge in [0.2, 0.25) is 0 Å². The molecular weight excluding hydrogens is 386 g/mol. The van der Waals surface area contributed by atoms with E-state index >= 15 is 0 Å². The van der Waals surface area contributed by atoms with Crippen LogP contribution in [0.1, 0.15) is 33.5 Å². The summed E-state index contributed by atoms with van der Waals surface area (Å²) in [6.45, 7) is 6.38. The zero-order chi connectivity index (χ0) is 21.1.